The molecule has 1 fully saturated rings. The van der Waals surface area contributed by atoms with Gasteiger partial charge >= 0.3 is 0 Å². The van der Waals surface area contributed by atoms with Crippen LogP contribution in [0.2, 0.25) is 5.02 Å². The number of pyridine rings is 1. The van der Waals surface area contributed by atoms with E-state index in [1.54, 1.807) is 6.20 Å². The van der Waals surface area contributed by atoms with Crippen molar-refractivity contribution in [3.63, 3.8) is 0 Å². The van der Waals surface area contributed by atoms with E-state index in [9.17, 15) is 0 Å². The molecule has 0 unspecified atom stereocenters. The average Bonchev–Trinajstić information content (AvgIpc) is 2.41. The lowest BCUT2D eigenvalue weighted by Gasteiger charge is -2.43. The Morgan fingerprint density at radius 1 is 1.44 bits per heavy atom. The van der Waals surface area contributed by atoms with Crippen LogP contribution in [0.25, 0.3) is 0 Å². The summed E-state index contributed by atoms with van der Waals surface area (Å²) >= 11 is 6.18. The van der Waals surface area contributed by atoms with Crippen LogP contribution in [-0.2, 0) is 6.54 Å². The third-order valence-corrected chi connectivity index (χ3v) is 4.40. The molecular weight excluding hydrogens is 246 g/mol. The van der Waals surface area contributed by atoms with Crippen LogP contribution in [0, 0.1) is 0 Å². The van der Waals surface area contributed by atoms with Crippen molar-refractivity contribution in [2.45, 2.75) is 38.8 Å². The Balaban J connectivity index is 2.04. The first-order valence-electron chi connectivity index (χ1n) is 6.75. The second-order valence-electron chi connectivity index (χ2n) is 5.09. The summed E-state index contributed by atoms with van der Waals surface area (Å²) in [4.78, 5) is 6.53. The molecule has 0 amide bonds. The minimum absolute atomic E-state index is 0.276. The lowest BCUT2D eigenvalue weighted by molar-refractivity contribution is 0.118. The number of halogens is 1. The van der Waals surface area contributed by atoms with E-state index in [2.05, 4.69) is 29.0 Å². The smallest absolute Gasteiger partial charge is 0.0634 e. The molecular formula is C14H22ClN3. The number of aromatic nitrogens is 1. The van der Waals surface area contributed by atoms with Gasteiger partial charge in [-0.15, -0.1) is 0 Å². The van der Waals surface area contributed by atoms with Gasteiger partial charge < -0.3 is 5.32 Å². The number of nitrogens with one attached hydrogen (secondary N) is 1. The first-order valence-corrected chi connectivity index (χ1v) is 7.12. The fraction of sp³-hybridized carbons (Fsp3) is 0.643. The summed E-state index contributed by atoms with van der Waals surface area (Å²) in [5.41, 5.74) is 1.45. The minimum Gasteiger partial charge on any atom is -0.309 e. The van der Waals surface area contributed by atoms with Gasteiger partial charge in [-0.25, -0.2) is 0 Å². The zero-order valence-electron chi connectivity index (χ0n) is 11.2. The topological polar surface area (TPSA) is 28.2 Å². The zero-order valence-corrected chi connectivity index (χ0v) is 12.0. The number of nitrogens with zero attached hydrogens (tertiary/aromatic N) is 2. The van der Waals surface area contributed by atoms with E-state index in [4.69, 9.17) is 11.6 Å². The van der Waals surface area contributed by atoms with Crippen LogP contribution in [0.15, 0.2) is 18.5 Å². The third-order valence-electron chi connectivity index (χ3n) is 4.06. The molecule has 0 spiro atoms. The molecule has 18 heavy (non-hydrogen) atoms. The van der Waals surface area contributed by atoms with Crippen LogP contribution in [-0.4, -0.2) is 35.1 Å². The van der Waals surface area contributed by atoms with E-state index < -0.39 is 0 Å². The molecule has 1 aromatic rings. The molecule has 4 heteroatoms. The van der Waals surface area contributed by atoms with E-state index in [1.165, 1.54) is 18.4 Å². The zero-order chi connectivity index (χ0) is 13.0. The Labute approximate surface area is 115 Å². The molecule has 0 atom stereocenters. The average molecular weight is 268 g/mol. The molecule has 0 aromatic carbocycles. The Morgan fingerprint density at radius 3 is 2.89 bits per heavy atom. The summed E-state index contributed by atoms with van der Waals surface area (Å²) in [6, 6.07) is 2.02. The monoisotopic (exact) mass is 267 g/mol. The molecule has 1 N–H and O–H groups in total. The maximum atomic E-state index is 6.18. The molecule has 0 bridgehead atoms. The molecule has 2 rings (SSSR count). The second-order valence-corrected chi connectivity index (χ2v) is 5.50. The highest BCUT2D eigenvalue weighted by Gasteiger charge is 2.31. The molecule has 1 aliphatic heterocycles. The fourth-order valence-corrected chi connectivity index (χ4v) is 2.85. The van der Waals surface area contributed by atoms with Gasteiger partial charge in [0.05, 0.1) is 5.02 Å². The van der Waals surface area contributed by atoms with Gasteiger partial charge in [-0.3, -0.25) is 9.88 Å². The predicted octanol–water partition coefficient (Wildman–Crippen LogP) is 2.70. The lowest BCUT2D eigenvalue weighted by atomic mass is 9.90. The standard InChI is InChI=1S/C14H22ClN3/c1-3-14(4-2)11-18(8-7-17-14)10-12-5-6-16-9-13(12)15/h5-6,9,17H,3-4,7-8,10-11H2,1-2H3. The Bertz CT molecular complexity index is 390. The Kier molecular flexibility index (Phi) is 4.60. The lowest BCUT2D eigenvalue weighted by Crippen LogP contribution is -2.59. The summed E-state index contributed by atoms with van der Waals surface area (Å²) in [6.45, 7) is 8.69. The van der Waals surface area contributed by atoms with Gasteiger partial charge in [0.1, 0.15) is 0 Å². The van der Waals surface area contributed by atoms with E-state index in [0.717, 1.165) is 31.2 Å². The quantitative estimate of drug-likeness (QED) is 0.909. The van der Waals surface area contributed by atoms with Crippen molar-refractivity contribution in [1.29, 1.82) is 0 Å². The largest absolute Gasteiger partial charge is 0.309 e. The Morgan fingerprint density at radius 2 is 2.22 bits per heavy atom. The van der Waals surface area contributed by atoms with Crippen LogP contribution in [0.4, 0.5) is 0 Å². The molecule has 0 saturated carbocycles. The fourth-order valence-electron chi connectivity index (χ4n) is 2.67. The maximum Gasteiger partial charge on any atom is 0.0634 e. The van der Waals surface area contributed by atoms with E-state index >= 15 is 0 Å². The van der Waals surface area contributed by atoms with Gasteiger partial charge in [-0.05, 0) is 24.5 Å². The van der Waals surface area contributed by atoms with Crippen LogP contribution in [0.3, 0.4) is 0 Å². The Hall–Kier alpha value is -0.640. The normalized spacial score (nSPS) is 19.9. The molecule has 1 saturated heterocycles. The highest BCUT2D eigenvalue weighted by atomic mass is 35.5. The van der Waals surface area contributed by atoms with Crippen molar-refractivity contribution in [1.82, 2.24) is 15.2 Å². The van der Waals surface area contributed by atoms with Gasteiger partial charge in [0, 0.05) is 44.1 Å². The van der Waals surface area contributed by atoms with Crippen LogP contribution >= 0.6 is 11.6 Å². The molecule has 1 aromatic heterocycles. The number of hydrogen-bond acceptors (Lipinski definition) is 3. The summed E-state index contributed by atoms with van der Waals surface area (Å²) in [5, 5.41) is 4.45. The second kappa shape index (κ2) is 6.00. The first-order chi connectivity index (χ1) is 8.69. The van der Waals surface area contributed by atoms with Crippen LogP contribution in [0.5, 0.6) is 0 Å². The number of piperazine rings is 1. The van der Waals surface area contributed by atoms with Crippen molar-refractivity contribution < 1.29 is 0 Å². The molecule has 1 aliphatic rings. The van der Waals surface area contributed by atoms with Crippen molar-refractivity contribution >= 4 is 11.6 Å². The summed E-state index contributed by atoms with van der Waals surface area (Å²) in [6.07, 6.45) is 5.89. The molecule has 2 heterocycles. The van der Waals surface area contributed by atoms with Crippen LogP contribution < -0.4 is 5.32 Å². The molecule has 0 aliphatic carbocycles. The molecule has 100 valence electrons. The van der Waals surface area contributed by atoms with E-state index in [-0.39, 0.29) is 5.54 Å². The van der Waals surface area contributed by atoms with Crippen LogP contribution in [0.1, 0.15) is 32.3 Å². The van der Waals surface area contributed by atoms with E-state index in [0.29, 0.717) is 0 Å². The number of rotatable bonds is 4. The predicted molar refractivity (Wildman–Crippen MR) is 75.8 cm³/mol. The van der Waals surface area contributed by atoms with Gasteiger partial charge in [-0.1, -0.05) is 25.4 Å². The van der Waals surface area contributed by atoms with Crippen molar-refractivity contribution in [2.75, 3.05) is 19.6 Å². The summed E-state index contributed by atoms with van der Waals surface area (Å²) < 4.78 is 0. The SMILES string of the molecule is CCC1(CC)CN(Cc2ccncc2Cl)CCN1. The van der Waals surface area contributed by atoms with Gasteiger partial charge in [0.25, 0.3) is 0 Å². The highest BCUT2D eigenvalue weighted by Crippen LogP contribution is 2.23. The van der Waals surface area contributed by atoms with Crippen molar-refractivity contribution in [3.05, 3.63) is 29.0 Å². The molecule has 3 nitrogen and oxygen atoms in total. The summed E-state index contributed by atoms with van der Waals surface area (Å²) in [5.74, 6) is 0. The van der Waals surface area contributed by atoms with E-state index in [1.807, 2.05) is 12.3 Å². The number of hydrogen-bond donors (Lipinski definition) is 1. The minimum atomic E-state index is 0.276. The van der Waals surface area contributed by atoms with Crippen molar-refractivity contribution in [3.8, 4) is 0 Å². The third kappa shape index (κ3) is 3.02. The first kappa shape index (κ1) is 13.8. The summed E-state index contributed by atoms with van der Waals surface area (Å²) in [7, 11) is 0. The highest BCUT2D eigenvalue weighted by molar-refractivity contribution is 6.31. The maximum absolute atomic E-state index is 6.18. The molecule has 0 radical (unpaired) electrons. The van der Waals surface area contributed by atoms with Crippen molar-refractivity contribution in [2.24, 2.45) is 0 Å². The van der Waals surface area contributed by atoms with Gasteiger partial charge in [-0.2, -0.15) is 0 Å². The van der Waals surface area contributed by atoms with Gasteiger partial charge in [0.2, 0.25) is 0 Å². The van der Waals surface area contributed by atoms with Gasteiger partial charge in [0.15, 0.2) is 0 Å².